The minimum absolute atomic E-state index is 0. The van der Waals surface area contributed by atoms with Crippen molar-refractivity contribution in [3.63, 3.8) is 0 Å². The van der Waals surface area contributed by atoms with E-state index in [1.165, 1.54) is 0 Å². The molecule has 15 heavy (non-hydrogen) atoms. The van der Waals surface area contributed by atoms with Gasteiger partial charge in [0.15, 0.2) is 0 Å². The number of rotatable bonds is 8. The molecule has 0 fully saturated rings. The zero-order chi connectivity index (χ0) is 10.8. The molecule has 0 aliphatic heterocycles. The summed E-state index contributed by atoms with van der Waals surface area (Å²) in [6.07, 6.45) is 1.63. The van der Waals surface area contributed by atoms with E-state index in [2.05, 4.69) is 24.5 Å². The van der Waals surface area contributed by atoms with Crippen molar-refractivity contribution in [3.8, 4) is 0 Å². The molecule has 0 bridgehead atoms. The van der Waals surface area contributed by atoms with E-state index in [-0.39, 0.29) is 18.3 Å². The van der Waals surface area contributed by atoms with Crippen LogP contribution in [0.5, 0.6) is 0 Å². The number of amides is 1. The highest BCUT2D eigenvalue weighted by molar-refractivity contribution is 7.99. The van der Waals surface area contributed by atoms with Crippen molar-refractivity contribution < 1.29 is 4.79 Å². The third kappa shape index (κ3) is 12.0. The Labute approximate surface area is 104 Å². The van der Waals surface area contributed by atoms with Gasteiger partial charge in [0, 0.05) is 19.0 Å². The summed E-state index contributed by atoms with van der Waals surface area (Å²) in [6.45, 7) is 4.97. The molecule has 0 spiro atoms. The molecule has 0 aliphatic carbocycles. The molecule has 0 aromatic heterocycles. The second-order valence-corrected chi connectivity index (χ2v) is 4.70. The van der Waals surface area contributed by atoms with Crippen molar-refractivity contribution in [2.75, 3.05) is 25.1 Å². The van der Waals surface area contributed by atoms with Gasteiger partial charge in [-0.2, -0.15) is 11.8 Å². The Hall–Kier alpha value is 0.0700. The van der Waals surface area contributed by atoms with Crippen LogP contribution >= 0.6 is 24.2 Å². The predicted molar refractivity (Wildman–Crippen MR) is 71.0 cm³/mol. The summed E-state index contributed by atoms with van der Waals surface area (Å²) < 4.78 is 0. The molecule has 0 radical (unpaired) electrons. The number of halogens is 1. The molecule has 0 aliphatic rings. The van der Waals surface area contributed by atoms with Crippen LogP contribution in [0.3, 0.4) is 0 Å². The molecule has 0 aromatic rings. The summed E-state index contributed by atoms with van der Waals surface area (Å²) in [5, 5.41) is 5.94. The fraction of sp³-hybridized carbons (Fsp3) is 0.900. The van der Waals surface area contributed by atoms with Crippen LogP contribution in [0, 0.1) is 0 Å². The summed E-state index contributed by atoms with van der Waals surface area (Å²) in [6, 6.07) is 0.304. The predicted octanol–water partition coefficient (Wildman–Crippen LogP) is 1.67. The quantitative estimate of drug-likeness (QED) is 0.648. The zero-order valence-electron chi connectivity index (χ0n) is 9.84. The van der Waals surface area contributed by atoms with Gasteiger partial charge in [0.2, 0.25) is 5.91 Å². The van der Waals surface area contributed by atoms with Crippen molar-refractivity contribution in [1.82, 2.24) is 10.6 Å². The fourth-order valence-electron chi connectivity index (χ4n) is 1.06. The van der Waals surface area contributed by atoms with Gasteiger partial charge in [0.25, 0.3) is 0 Å². The third-order valence-corrected chi connectivity index (χ3v) is 2.84. The SMILES string of the molecule is CCSCCC(C)NC(=O)CCNC.Cl. The lowest BCUT2D eigenvalue weighted by Gasteiger charge is -2.13. The van der Waals surface area contributed by atoms with E-state index in [4.69, 9.17) is 0 Å². The van der Waals surface area contributed by atoms with Gasteiger partial charge in [-0.3, -0.25) is 4.79 Å². The second-order valence-electron chi connectivity index (χ2n) is 3.31. The van der Waals surface area contributed by atoms with E-state index in [0.29, 0.717) is 12.5 Å². The van der Waals surface area contributed by atoms with E-state index >= 15 is 0 Å². The molecule has 0 heterocycles. The summed E-state index contributed by atoms with van der Waals surface area (Å²) >= 11 is 1.92. The fourth-order valence-corrected chi connectivity index (χ4v) is 1.87. The van der Waals surface area contributed by atoms with Crippen molar-refractivity contribution in [1.29, 1.82) is 0 Å². The molecule has 1 atom stereocenters. The topological polar surface area (TPSA) is 41.1 Å². The van der Waals surface area contributed by atoms with Crippen LogP contribution in [-0.2, 0) is 4.79 Å². The number of hydrogen-bond donors (Lipinski definition) is 2. The molecule has 92 valence electrons. The molecule has 0 saturated heterocycles. The van der Waals surface area contributed by atoms with Crippen LogP contribution in [0.25, 0.3) is 0 Å². The maximum absolute atomic E-state index is 11.3. The van der Waals surface area contributed by atoms with Crippen molar-refractivity contribution in [2.45, 2.75) is 32.7 Å². The van der Waals surface area contributed by atoms with Gasteiger partial charge in [-0.25, -0.2) is 0 Å². The molecule has 3 nitrogen and oxygen atoms in total. The van der Waals surface area contributed by atoms with Crippen molar-refractivity contribution in [3.05, 3.63) is 0 Å². The minimum atomic E-state index is 0. The molecule has 2 N–H and O–H groups in total. The van der Waals surface area contributed by atoms with Crippen molar-refractivity contribution >= 4 is 30.1 Å². The van der Waals surface area contributed by atoms with Crippen molar-refractivity contribution in [2.24, 2.45) is 0 Å². The van der Waals surface area contributed by atoms with Gasteiger partial charge in [-0.15, -0.1) is 12.4 Å². The molecule has 0 saturated carbocycles. The minimum Gasteiger partial charge on any atom is -0.354 e. The van der Waals surface area contributed by atoms with E-state index in [9.17, 15) is 4.79 Å². The van der Waals surface area contributed by atoms with Crippen LogP contribution in [0.1, 0.15) is 26.7 Å². The summed E-state index contributed by atoms with van der Waals surface area (Å²) in [7, 11) is 1.86. The van der Waals surface area contributed by atoms with Gasteiger partial charge in [-0.05, 0) is 31.9 Å². The number of nitrogens with one attached hydrogen (secondary N) is 2. The molecule has 0 rings (SSSR count). The molecule has 5 heteroatoms. The van der Waals surface area contributed by atoms with Gasteiger partial charge >= 0.3 is 0 Å². The van der Waals surface area contributed by atoms with Gasteiger partial charge < -0.3 is 10.6 Å². The van der Waals surface area contributed by atoms with Crippen LogP contribution in [0.4, 0.5) is 0 Å². The van der Waals surface area contributed by atoms with E-state index in [1.54, 1.807) is 0 Å². The monoisotopic (exact) mass is 254 g/mol. The third-order valence-electron chi connectivity index (χ3n) is 1.91. The van der Waals surface area contributed by atoms with E-state index in [1.807, 2.05) is 18.8 Å². The smallest absolute Gasteiger partial charge is 0.221 e. The molecular formula is C10H23ClN2OS. The average molecular weight is 255 g/mol. The Kier molecular flexibility index (Phi) is 14.1. The number of thioether (sulfide) groups is 1. The average Bonchev–Trinajstić information content (AvgIpc) is 2.15. The van der Waals surface area contributed by atoms with Gasteiger partial charge in [-0.1, -0.05) is 6.92 Å². The largest absolute Gasteiger partial charge is 0.354 e. The highest BCUT2D eigenvalue weighted by atomic mass is 35.5. The first kappa shape index (κ1) is 17.5. The summed E-state index contributed by atoms with van der Waals surface area (Å²) in [4.78, 5) is 11.3. The van der Waals surface area contributed by atoms with E-state index < -0.39 is 0 Å². The van der Waals surface area contributed by atoms with Crippen LogP contribution in [0.15, 0.2) is 0 Å². The van der Waals surface area contributed by atoms with Crippen LogP contribution in [-0.4, -0.2) is 37.0 Å². The Morgan fingerprint density at radius 2 is 2.13 bits per heavy atom. The number of carbonyl (C=O) groups is 1. The van der Waals surface area contributed by atoms with Crippen LogP contribution in [0.2, 0.25) is 0 Å². The Morgan fingerprint density at radius 3 is 2.67 bits per heavy atom. The standard InChI is InChI=1S/C10H22N2OS.ClH/c1-4-14-8-6-9(2)12-10(13)5-7-11-3;/h9,11H,4-8H2,1-3H3,(H,12,13);1H. The lowest BCUT2D eigenvalue weighted by atomic mass is 10.2. The highest BCUT2D eigenvalue weighted by Crippen LogP contribution is 2.03. The number of carbonyl (C=O) groups excluding carboxylic acids is 1. The second kappa shape index (κ2) is 12.1. The zero-order valence-corrected chi connectivity index (χ0v) is 11.5. The molecule has 1 amide bonds. The lowest BCUT2D eigenvalue weighted by molar-refractivity contribution is -0.121. The molecule has 1 unspecified atom stereocenters. The van der Waals surface area contributed by atoms with E-state index in [0.717, 1.165) is 24.5 Å². The molecular weight excluding hydrogens is 232 g/mol. The van der Waals surface area contributed by atoms with Crippen LogP contribution < -0.4 is 10.6 Å². The first-order chi connectivity index (χ1) is 6.70. The first-order valence-electron chi connectivity index (χ1n) is 5.22. The normalized spacial score (nSPS) is 11.7. The van der Waals surface area contributed by atoms with Gasteiger partial charge in [0.1, 0.15) is 0 Å². The van der Waals surface area contributed by atoms with Gasteiger partial charge in [0.05, 0.1) is 0 Å². The summed E-state index contributed by atoms with van der Waals surface area (Å²) in [5.74, 6) is 2.43. The maximum Gasteiger partial charge on any atom is 0.221 e. The Bertz CT molecular complexity index is 158. The maximum atomic E-state index is 11.3. The number of hydrogen-bond acceptors (Lipinski definition) is 3. The Balaban J connectivity index is 0. The molecule has 0 aromatic carbocycles. The highest BCUT2D eigenvalue weighted by Gasteiger charge is 2.05. The Morgan fingerprint density at radius 1 is 1.47 bits per heavy atom. The lowest BCUT2D eigenvalue weighted by Crippen LogP contribution is -2.34. The first-order valence-corrected chi connectivity index (χ1v) is 6.37. The summed E-state index contributed by atoms with van der Waals surface area (Å²) in [5.41, 5.74) is 0.